The van der Waals surface area contributed by atoms with Crippen LogP contribution in [0.1, 0.15) is 44.7 Å². The number of ether oxygens (including phenoxy) is 2. The van der Waals surface area contributed by atoms with Gasteiger partial charge in [-0.05, 0) is 55.2 Å². The molecule has 134 valence electrons. The first-order chi connectivity index (χ1) is 11.8. The molecule has 4 heteroatoms. The zero-order chi connectivity index (χ0) is 18.4. The molecule has 0 spiro atoms. The maximum atomic E-state index is 12.6. The molecule has 2 aromatic rings. The summed E-state index contributed by atoms with van der Waals surface area (Å²) in [6.45, 7) is 8.20. The van der Waals surface area contributed by atoms with E-state index < -0.39 is 5.60 Å². The first-order valence-corrected chi connectivity index (χ1v) is 9.34. The summed E-state index contributed by atoms with van der Waals surface area (Å²) in [6, 6.07) is 15.8. The molecule has 0 N–H and O–H groups in total. The molecule has 1 atom stereocenters. The largest absolute Gasteiger partial charge is 0.476 e. The van der Waals surface area contributed by atoms with Gasteiger partial charge in [0.05, 0.1) is 6.61 Å². The second kappa shape index (κ2) is 8.52. The van der Waals surface area contributed by atoms with Crippen molar-refractivity contribution in [2.45, 2.75) is 45.6 Å². The van der Waals surface area contributed by atoms with E-state index in [0.717, 1.165) is 10.0 Å². The molecule has 1 unspecified atom stereocenters. The van der Waals surface area contributed by atoms with E-state index in [2.05, 4.69) is 29.8 Å². The minimum atomic E-state index is -1.08. The molecule has 3 nitrogen and oxygen atoms in total. The molecule has 0 aliphatic carbocycles. The van der Waals surface area contributed by atoms with Crippen LogP contribution in [0.4, 0.5) is 0 Å². The molecule has 0 radical (unpaired) electrons. The van der Waals surface area contributed by atoms with Crippen molar-refractivity contribution in [1.82, 2.24) is 0 Å². The highest BCUT2D eigenvalue weighted by Crippen LogP contribution is 2.26. The van der Waals surface area contributed by atoms with Crippen molar-refractivity contribution in [3.05, 3.63) is 64.1 Å². The highest BCUT2D eigenvalue weighted by molar-refractivity contribution is 9.10. The van der Waals surface area contributed by atoms with Crippen molar-refractivity contribution in [3.63, 3.8) is 0 Å². The zero-order valence-electron chi connectivity index (χ0n) is 15.2. The van der Waals surface area contributed by atoms with Crippen LogP contribution in [-0.4, -0.2) is 18.2 Å². The smallest absolute Gasteiger partial charge is 0.350 e. The number of esters is 1. The zero-order valence-corrected chi connectivity index (χ0v) is 16.8. The Kier molecular flexibility index (Phi) is 6.65. The highest BCUT2D eigenvalue weighted by Gasteiger charge is 2.37. The van der Waals surface area contributed by atoms with Gasteiger partial charge < -0.3 is 9.47 Å². The SMILES string of the molecule is CCOC(=O)C(C)(Cc1ccc(Br)cc1)Oc1ccc(C(C)C)cc1. The molecule has 0 saturated carbocycles. The van der Waals surface area contributed by atoms with Crippen LogP contribution in [0.3, 0.4) is 0 Å². The molecule has 0 amide bonds. The van der Waals surface area contributed by atoms with Crippen molar-refractivity contribution in [2.75, 3.05) is 6.61 Å². The van der Waals surface area contributed by atoms with Gasteiger partial charge in [0.2, 0.25) is 5.60 Å². The summed E-state index contributed by atoms with van der Waals surface area (Å²) in [7, 11) is 0. The fraction of sp³-hybridized carbons (Fsp3) is 0.381. The third-order valence-electron chi connectivity index (χ3n) is 4.05. The standard InChI is InChI=1S/C21H25BrO3/c1-5-24-20(23)21(4,14-16-6-10-18(22)11-7-16)25-19-12-8-17(9-13-19)15(2)3/h6-13,15H,5,14H2,1-4H3. The van der Waals surface area contributed by atoms with Crippen LogP contribution in [0.2, 0.25) is 0 Å². The van der Waals surface area contributed by atoms with E-state index in [1.807, 2.05) is 48.5 Å². The van der Waals surface area contributed by atoms with E-state index >= 15 is 0 Å². The van der Waals surface area contributed by atoms with Crippen molar-refractivity contribution < 1.29 is 14.3 Å². The summed E-state index contributed by atoms with van der Waals surface area (Å²) in [5, 5.41) is 0. The summed E-state index contributed by atoms with van der Waals surface area (Å²) < 4.78 is 12.4. The first-order valence-electron chi connectivity index (χ1n) is 8.54. The van der Waals surface area contributed by atoms with Gasteiger partial charge in [0.25, 0.3) is 0 Å². The van der Waals surface area contributed by atoms with Crippen LogP contribution in [0.5, 0.6) is 5.75 Å². The molecular weight excluding hydrogens is 380 g/mol. The third-order valence-corrected chi connectivity index (χ3v) is 4.58. The summed E-state index contributed by atoms with van der Waals surface area (Å²) in [5.41, 5.74) is 1.17. The molecule has 0 aliphatic heterocycles. The van der Waals surface area contributed by atoms with Gasteiger partial charge in [-0.2, -0.15) is 0 Å². The van der Waals surface area contributed by atoms with Gasteiger partial charge in [-0.1, -0.05) is 54.0 Å². The Bertz CT molecular complexity index is 692. The van der Waals surface area contributed by atoms with E-state index in [9.17, 15) is 4.79 Å². The Balaban J connectivity index is 2.24. The maximum absolute atomic E-state index is 12.6. The number of benzene rings is 2. The average molecular weight is 405 g/mol. The predicted molar refractivity (Wildman–Crippen MR) is 104 cm³/mol. The Labute approximate surface area is 158 Å². The van der Waals surface area contributed by atoms with Gasteiger partial charge >= 0.3 is 5.97 Å². The summed E-state index contributed by atoms with van der Waals surface area (Å²) in [5.74, 6) is 0.760. The third kappa shape index (κ3) is 5.33. The van der Waals surface area contributed by atoms with Gasteiger partial charge in [-0.15, -0.1) is 0 Å². The van der Waals surface area contributed by atoms with Gasteiger partial charge in [0.1, 0.15) is 5.75 Å². The lowest BCUT2D eigenvalue weighted by atomic mass is 9.96. The molecule has 0 aromatic heterocycles. The summed E-state index contributed by atoms with van der Waals surface area (Å²) >= 11 is 3.43. The number of carbonyl (C=O) groups is 1. The van der Waals surface area contributed by atoms with E-state index in [-0.39, 0.29) is 5.97 Å². The van der Waals surface area contributed by atoms with Crippen LogP contribution in [0, 0.1) is 0 Å². The lowest BCUT2D eigenvalue weighted by Gasteiger charge is -2.29. The minimum Gasteiger partial charge on any atom is -0.476 e. The van der Waals surface area contributed by atoms with Crippen molar-refractivity contribution in [2.24, 2.45) is 0 Å². The Hall–Kier alpha value is -1.81. The second-order valence-electron chi connectivity index (χ2n) is 6.58. The Morgan fingerprint density at radius 2 is 1.68 bits per heavy atom. The summed E-state index contributed by atoms with van der Waals surface area (Å²) in [6.07, 6.45) is 0.436. The molecule has 0 saturated heterocycles. The van der Waals surface area contributed by atoms with Gasteiger partial charge in [0, 0.05) is 10.9 Å². The number of halogens is 1. The second-order valence-corrected chi connectivity index (χ2v) is 7.50. The van der Waals surface area contributed by atoms with Crippen LogP contribution < -0.4 is 4.74 Å². The minimum absolute atomic E-state index is 0.324. The number of hydrogen-bond acceptors (Lipinski definition) is 3. The van der Waals surface area contributed by atoms with Gasteiger partial charge in [-0.25, -0.2) is 4.79 Å². The van der Waals surface area contributed by atoms with Crippen molar-refractivity contribution in [3.8, 4) is 5.75 Å². The molecule has 25 heavy (non-hydrogen) atoms. The first kappa shape index (κ1) is 19.5. The topological polar surface area (TPSA) is 35.5 Å². The van der Waals surface area contributed by atoms with E-state index in [1.54, 1.807) is 13.8 Å². The number of hydrogen-bond donors (Lipinski definition) is 0. The highest BCUT2D eigenvalue weighted by atomic mass is 79.9. The lowest BCUT2D eigenvalue weighted by molar-refractivity contribution is -0.160. The van der Waals surface area contributed by atoms with Crippen molar-refractivity contribution in [1.29, 1.82) is 0 Å². The molecule has 0 aliphatic rings. The Morgan fingerprint density at radius 3 is 2.20 bits per heavy atom. The molecule has 0 heterocycles. The van der Waals surface area contributed by atoms with Gasteiger partial charge in [0.15, 0.2) is 0 Å². The Morgan fingerprint density at radius 1 is 1.08 bits per heavy atom. The molecule has 2 rings (SSSR count). The molecule has 2 aromatic carbocycles. The fourth-order valence-corrected chi connectivity index (χ4v) is 2.87. The normalized spacial score (nSPS) is 13.4. The van der Waals surface area contributed by atoms with Gasteiger partial charge in [-0.3, -0.25) is 0 Å². The van der Waals surface area contributed by atoms with E-state index in [1.165, 1.54) is 5.56 Å². The van der Waals surface area contributed by atoms with Crippen LogP contribution in [-0.2, 0) is 16.0 Å². The quantitative estimate of drug-likeness (QED) is 0.570. The van der Waals surface area contributed by atoms with E-state index in [0.29, 0.717) is 24.7 Å². The molecule has 0 fully saturated rings. The maximum Gasteiger partial charge on any atom is 0.350 e. The fourth-order valence-electron chi connectivity index (χ4n) is 2.61. The van der Waals surface area contributed by atoms with Crippen LogP contribution in [0.25, 0.3) is 0 Å². The predicted octanol–water partition coefficient (Wildman–Crippen LogP) is 5.52. The van der Waals surface area contributed by atoms with Crippen LogP contribution >= 0.6 is 15.9 Å². The van der Waals surface area contributed by atoms with E-state index in [4.69, 9.17) is 9.47 Å². The lowest BCUT2D eigenvalue weighted by Crippen LogP contribution is -2.45. The number of rotatable bonds is 7. The summed E-state index contributed by atoms with van der Waals surface area (Å²) in [4.78, 5) is 12.6. The average Bonchev–Trinajstić information content (AvgIpc) is 2.57. The van der Waals surface area contributed by atoms with Crippen molar-refractivity contribution >= 4 is 21.9 Å². The monoisotopic (exact) mass is 404 g/mol. The molecular formula is C21H25BrO3. The number of carbonyl (C=O) groups excluding carboxylic acids is 1. The molecule has 0 bridgehead atoms. The van der Waals surface area contributed by atoms with Crippen LogP contribution in [0.15, 0.2) is 53.0 Å².